The average molecular weight is 333 g/mol. The van der Waals surface area contributed by atoms with Crippen LogP contribution >= 0.6 is 11.6 Å². The fourth-order valence-electron chi connectivity index (χ4n) is 2.88. The molecule has 0 aromatic heterocycles. The van der Waals surface area contributed by atoms with Crippen molar-refractivity contribution in [3.63, 3.8) is 0 Å². The molecule has 0 aliphatic carbocycles. The van der Waals surface area contributed by atoms with Crippen LogP contribution in [0.1, 0.15) is 35.3 Å². The second-order valence-electron chi connectivity index (χ2n) is 6.13. The quantitative estimate of drug-likeness (QED) is 0.694. The molecule has 0 radical (unpaired) electrons. The Kier molecular flexibility index (Phi) is 4.04. The summed E-state index contributed by atoms with van der Waals surface area (Å²) in [5.41, 5.74) is 1.67. The van der Waals surface area contributed by atoms with Crippen LogP contribution in [0.3, 0.4) is 0 Å². The van der Waals surface area contributed by atoms with E-state index in [1.807, 2.05) is 19.9 Å². The largest absolute Gasteiger partial charge is 0.492 e. The van der Waals surface area contributed by atoms with Gasteiger partial charge in [0, 0.05) is 11.4 Å². The van der Waals surface area contributed by atoms with Crippen LogP contribution in [0.25, 0.3) is 0 Å². The van der Waals surface area contributed by atoms with E-state index in [0.29, 0.717) is 11.0 Å². The normalized spacial score (nSPS) is 15.6. The SMILES string of the molecule is CC1(C)OB(O)c2cc(CC(=O)c3ccc(Cl)cc3F)ccc21. The van der Waals surface area contributed by atoms with Crippen molar-refractivity contribution < 1.29 is 18.9 Å². The molecule has 2 aromatic rings. The van der Waals surface area contributed by atoms with Gasteiger partial charge < -0.3 is 9.68 Å². The lowest BCUT2D eigenvalue weighted by molar-refractivity contribution is 0.0987. The second kappa shape index (κ2) is 5.75. The molecule has 0 bridgehead atoms. The molecule has 1 heterocycles. The van der Waals surface area contributed by atoms with Gasteiger partial charge in [0.1, 0.15) is 5.82 Å². The third-order valence-electron chi connectivity index (χ3n) is 4.03. The summed E-state index contributed by atoms with van der Waals surface area (Å²) in [6, 6.07) is 9.37. The first-order valence-corrected chi connectivity index (χ1v) is 7.63. The lowest BCUT2D eigenvalue weighted by Crippen LogP contribution is -2.29. The zero-order valence-electron chi connectivity index (χ0n) is 12.8. The molecule has 6 heteroatoms. The molecule has 1 aliphatic heterocycles. The van der Waals surface area contributed by atoms with Crippen LogP contribution in [-0.4, -0.2) is 17.9 Å². The van der Waals surface area contributed by atoms with Gasteiger partial charge in [-0.15, -0.1) is 0 Å². The highest BCUT2D eigenvalue weighted by molar-refractivity contribution is 6.62. The van der Waals surface area contributed by atoms with E-state index in [2.05, 4.69) is 0 Å². The number of hydrogen-bond donors (Lipinski definition) is 1. The lowest BCUT2D eigenvalue weighted by atomic mass is 9.77. The minimum atomic E-state index is -1.01. The van der Waals surface area contributed by atoms with Crippen LogP contribution < -0.4 is 5.46 Å². The van der Waals surface area contributed by atoms with E-state index in [1.165, 1.54) is 12.1 Å². The first kappa shape index (κ1) is 16.2. The molecular formula is C17H15BClFO3. The highest BCUT2D eigenvalue weighted by Crippen LogP contribution is 2.30. The summed E-state index contributed by atoms with van der Waals surface area (Å²) >= 11 is 5.70. The summed E-state index contributed by atoms with van der Waals surface area (Å²) in [5.74, 6) is -0.972. The maximum atomic E-state index is 13.8. The van der Waals surface area contributed by atoms with Gasteiger partial charge in [-0.3, -0.25) is 4.79 Å². The molecule has 1 N–H and O–H groups in total. The van der Waals surface area contributed by atoms with Gasteiger partial charge in [-0.1, -0.05) is 29.8 Å². The summed E-state index contributed by atoms with van der Waals surface area (Å²) < 4.78 is 19.3. The molecule has 0 fully saturated rings. The Labute approximate surface area is 139 Å². The van der Waals surface area contributed by atoms with Crippen molar-refractivity contribution in [3.8, 4) is 0 Å². The third-order valence-corrected chi connectivity index (χ3v) is 4.27. The molecule has 0 atom stereocenters. The molecule has 0 saturated heterocycles. The molecular weight excluding hydrogens is 317 g/mol. The van der Waals surface area contributed by atoms with Crippen LogP contribution in [-0.2, 0) is 16.7 Å². The van der Waals surface area contributed by atoms with Crippen molar-refractivity contribution in [3.05, 3.63) is 63.9 Å². The van der Waals surface area contributed by atoms with Crippen molar-refractivity contribution in [1.29, 1.82) is 0 Å². The predicted molar refractivity (Wildman–Crippen MR) is 87.6 cm³/mol. The molecule has 0 amide bonds. The van der Waals surface area contributed by atoms with Crippen molar-refractivity contribution >= 4 is 30.0 Å². The van der Waals surface area contributed by atoms with E-state index in [4.69, 9.17) is 16.3 Å². The zero-order chi connectivity index (χ0) is 16.8. The topological polar surface area (TPSA) is 46.5 Å². The third kappa shape index (κ3) is 3.04. The molecule has 0 unspecified atom stereocenters. The minimum absolute atomic E-state index is 0.00651. The van der Waals surface area contributed by atoms with Crippen LogP contribution in [0.5, 0.6) is 0 Å². The van der Waals surface area contributed by atoms with Gasteiger partial charge in [0.2, 0.25) is 0 Å². The first-order chi connectivity index (χ1) is 10.8. The Hall–Kier alpha value is -1.69. The van der Waals surface area contributed by atoms with E-state index in [9.17, 15) is 14.2 Å². The van der Waals surface area contributed by atoms with Gasteiger partial charge in [0.15, 0.2) is 5.78 Å². The van der Waals surface area contributed by atoms with E-state index in [0.717, 1.165) is 11.6 Å². The number of ketones is 1. The summed E-state index contributed by atoms with van der Waals surface area (Å²) in [6.45, 7) is 3.74. The lowest BCUT2D eigenvalue weighted by Gasteiger charge is -2.19. The smallest absolute Gasteiger partial charge is 0.423 e. The molecule has 23 heavy (non-hydrogen) atoms. The van der Waals surface area contributed by atoms with E-state index in [1.54, 1.807) is 12.1 Å². The standard InChI is InChI=1S/C17H15BClFO3/c1-17(2)13-6-3-10(7-14(13)18(22)23-17)8-16(21)12-5-4-11(19)9-15(12)20/h3-7,9,22H,8H2,1-2H3. The summed E-state index contributed by atoms with van der Waals surface area (Å²) in [5, 5.41) is 10.2. The number of benzene rings is 2. The molecule has 118 valence electrons. The summed E-state index contributed by atoms with van der Waals surface area (Å²) in [7, 11) is -1.01. The monoisotopic (exact) mass is 332 g/mol. The van der Waals surface area contributed by atoms with Crippen LogP contribution in [0.2, 0.25) is 5.02 Å². The average Bonchev–Trinajstić information content (AvgIpc) is 2.68. The Morgan fingerprint density at radius 3 is 2.74 bits per heavy atom. The zero-order valence-corrected chi connectivity index (χ0v) is 13.5. The number of fused-ring (bicyclic) bond motifs is 1. The number of rotatable bonds is 3. The van der Waals surface area contributed by atoms with Crippen LogP contribution in [0, 0.1) is 5.82 Å². The number of carbonyl (C=O) groups excluding carboxylic acids is 1. The minimum Gasteiger partial charge on any atom is -0.423 e. The summed E-state index contributed by atoms with van der Waals surface area (Å²) in [4.78, 5) is 12.3. The number of Topliss-reactive ketones (excluding diaryl/α,β-unsaturated/α-hetero) is 1. The van der Waals surface area contributed by atoms with Crippen molar-refractivity contribution in [2.45, 2.75) is 25.9 Å². The predicted octanol–water partition coefficient (Wildman–Crippen LogP) is 2.86. The molecule has 0 saturated carbocycles. The molecule has 3 rings (SSSR count). The van der Waals surface area contributed by atoms with Gasteiger partial charge in [-0.2, -0.15) is 0 Å². The molecule has 0 spiro atoms. The van der Waals surface area contributed by atoms with Crippen molar-refractivity contribution in [1.82, 2.24) is 0 Å². The van der Waals surface area contributed by atoms with E-state index in [-0.39, 0.29) is 22.8 Å². The maximum Gasteiger partial charge on any atom is 0.492 e. The van der Waals surface area contributed by atoms with Crippen molar-refractivity contribution in [2.24, 2.45) is 0 Å². The molecule has 2 aromatic carbocycles. The number of carbonyl (C=O) groups is 1. The fraction of sp³-hybridized carbons (Fsp3) is 0.235. The van der Waals surface area contributed by atoms with E-state index >= 15 is 0 Å². The Bertz CT molecular complexity index is 791. The highest BCUT2D eigenvalue weighted by atomic mass is 35.5. The first-order valence-electron chi connectivity index (χ1n) is 7.25. The Balaban J connectivity index is 1.87. The van der Waals surface area contributed by atoms with Crippen LogP contribution in [0.4, 0.5) is 4.39 Å². The van der Waals surface area contributed by atoms with Gasteiger partial charge in [-0.25, -0.2) is 4.39 Å². The van der Waals surface area contributed by atoms with E-state index < -0.39 is 18.5 Å². The Morgan fingerprint density at radius 1 is 1.30 bits per heavy atom. The number of halogens is 2. The van der Waals surface area contributed by atoms with Crippen molar-refractivity contribution in [2.75, 3.05) is 0 Å². The highest BCUT2D eigenvalue weighted by Gasteiger charge is 2.40. The van der Waals surface area contributed by atoms with Gasteiger partial charge in [0.25, 0.3) is 0 Å². The van der Waals surface area contributed by atoms with Gasteiger partial charge in [-0.05, 0) is 48.6 Å². The second-order valence-corrected chi connectivity index (χ2v) is 6.56. The molecule has 1 aliphatic rings. The Morgan fingerprint density at radius 2 is 2.04 bits per heavy atom. The summed E-state index contributed by atoms with van der Waals surface area (Å²) in [6.07, 6.45) is 0.0407. The van der Waals surface area contributed by atoms with Gasteiger partial charge in [0.05, 0.1) is 11.2 Å². The molecule has 3 nitrogen and oxygen atoms in total. The fourth-order valence-corrected chi connectivity index (χ4v) is 3.04. The number of hydrogen-bond acceptors (Lipinski definition) is 3. The maximum absolute atomic E-state index is 13.8. The van der Waals surface area contributed by atoms with Crippen LogP contribution in [0.15, 0.2) is 36.4 Å². The van der Waals surface area contributed by atoms with Gasteiger partial charge >= 0.3 is 7.12 Å².